The van der Waals surface area contributed by atoms with Crippen LogP contribution < -0.4 is 10.1 Å². The summed E-state index contributed by atoms with van der Waals surface area (Å²) in [7, 11) is 0. The zero-order valence-electron chi connectivity index (χ0n) is 17.9. The van der Waals surface area contributed by atoms with Gasteiger partial charge in [0, 0.05) is 6.04 Å². The molecule has 0 amide bonds. The van der Waals surface area contributed by atoms with Crippen LogP contribution in [0.25, 0.3) is 0 Å². The van der Waals surface area contributed by atoms with Crippen LogP contribution in [-0.2, 0) is 16.0 Å². The Morgan fingerprint density at radius 3 is 2.27 bits per heavy atom. The van der Waals surface area contributed by atoms with Gasteiger partial charge in [-0.15, -0.1) is 12.4 Å². The molecule has 30 heavy (non-hydrogen) atoms. The average Bonchev–Trinajstić information content (AvgIpc) is 2.69. The van der Waals surface area contributed by atoms with Gasteiger partial charge in [0.15, 0.2) is 5.60 Å². The molecule has 7 heteroatoms. The van der Waals surface area contributed by atoms with Gasteiger partial charge in [0.25, 0.3) is 0 Å². The molecule has 0 aromatic heterocycles. The third-order valence-corrected chi connectivity index (χ3v) is 4.65. The van der Waals surface area contributed by atoms with Gasteiger partial charge < -0.3 is 25.0 Å². The quantitative estimate of drug-likeness (QED) is 0.490. The third kappa shape index (κ3) is 7.52. The summed E-state index contributed by atoms with van der Waals surface area (Å²) < 4.78 is 10.8. The molecule has 6 nitrogen and oxygen atoms in total. The van der Waals surface area contributed by atoms with Crippen molar-refractivity contribution in [1.29, 1.82) is 0 Å². The van der Waals surface area contributed by atoms with Crippen molar-refractivity contribution in [3.05, 3.63) is 59.7 Å². The Labute approximate surface area is 184 Å². The van der Waals surface area contributed by atoms with Crippen LogP contribution >= 0.6 is 12.4 Å². The first-order chi connectivity index (χ1) is 13.7. The number of hydrogen-bond donors (Lipinski definition) is 3. The molecule has 3 N–H and O–H groups in total. The molecule has 2 atom stereocenters. The molecule has 2 rings (SSSR count). The summed E-state index contributed by atoms with van der Waals surface area (Å²) in [6.07, 6.45) is 0.130. The predicted molar refractivity (Wildman–Crippen MR) is 119 cm³/mol. The molecule has 0 aliphatic rings. The second-order valence-electron chi connectivity index (χ2n) is 7.51. The molecule has 0 saturated heterocycles. The van der Waals surface area contributed by atoms with E-state index in [0.29, 0.717) is 18.9 Å². The summed E-state index contributed by atoms with van der Waals surface area (Å²) in [5.74, 6) is 0.393. The number of aromatic hydroxyl groups is 1. The number of benzene rings is 2. The highest BCUT2D eigenvalue weighted by Crippen LogP contribution is 2.21. The van der Waals surface area contributed by atoms with E-state index in [0.717, 1.165) is 17.5 Å². The Morgan fingerprint density at radius 2 is 1.70 bits per heavy atom. The van der Waals surface area contributed by atoms with Crippen molar-refractivity contribution in [2.45, 2.75) is 51.9 Å². The Hall–Kier alpha value is -2.28. The van der Waals surface area contributed by atoms with E-state index in [1.807, 2.05) is 31.2 Å². The number of carbonyl (C=O) groups excluding carboxylic acids is 1. The summed E-state index contributed by atoms with van der Waals surface area (Å²) in [6.45, 7) is 8.07. The topological polar surface area (TPSA) is 88.0 Å². The Bertz CT molecular complexity index is 777. The van der Waals surface area contributed by atoms with Gasteiger partial charge in [-0.1, -0.05) is 24.3 Å². The number of esters is 1. The third-order valence-electron chi connectivity index (χ3n) is 4.65. The highest BCUT2D eigenvalue weighted by molar-refractivity contribution is 5.85. The lowest BCUT2D eigenvalue weighted by Gasteiger charge is -2.24. The molecular weight excluding hydrogens is 406 g/mol. The zero-order chi connectivity index (χ0) is 21.4. The van der Waals surface area contributed by atoms with Crippen LogP contribution in [0.1, 0.15) is 44.9 Å². The summed E-state index contributed by atoms with van der Waals surface area (Å²) in [5.41, 5.74) is 0.831. The number of phenols is 1. The summed E-state index contributed by atoms with van der Waals surface area (Å²) in [6, 6.07) is 14.0. The van der Waals surface area contributed by atoms with Gasteiger partial charge in [0.1, 0.15) is 11.5 Å². The summed E-state index contributed by atoms with van der Waals surface area (Å²) >= 11 is 0. The monoisotopic (exact) mass is 437 g/mol. The number of rotatable bonds is 10. The van der Waals surface area contributed by atoms with E-state index in [4.69, 9.17) is 9.47 Å². The van der Waals surface area contributed by atoms with Crippen molar-refractivity contribution in [3.63, 3.8) is 0 Å². The number of aliphatic hydroxyl groups is 1. The van der Waals surface area contributed by atoms with Crippen molar-refractivity contribution in [2.75, 3.05) is 13.2 Å². The summed E-state index contributed by atoms with van der Waals surface area (Å²) in [5, 5.41) is 23.1. The fourth-order valence-electron chi connectivity index (χ4n) is 2.88. The second kappa shape index (κ2) is 11.8. The molecule has 166 valence electrons. The molecule has 2 aromatic carbocycles. The number of phenolic OH excluding ortho intramolecular Hbond substituents is 1. The molecule has 0 spiro atoms. The lowest BCUT2D eigenvalue weighted by atomic mass is 10.0. The largest absolute Gasteiger partial charge is 0.508 e. The molecule has 0 aliphatic heterocycles. The molecule has 0 bridgehead atoms. The minimum Gasteiger partial charge on any atom is -0.508 e. The van der Waals surface area contributed by atoms with E-state index in [9.17, 15) is 15.0 Å². The van der Waals surface area contributed by atoms with Crippen LogP contribution in [0.15, 0.2) is 48.5 Å². The fraction of sp³-hybridized carbons (Fsp3) is 0.435. The first-order valence-corrected chi connectivity index (χ1v) is 9.88. The van der Waals surface area contributed by atoms with E-state index in [2.05, 4.69) is 5.32 Å². The number of aliphatic hydroxyl groups excluding tert-OH is 1. The second-order valence-corrected chi connectivity index (χ2v) is 7.51. The molecule has 0 aliphatic carbocycles. The summed E-state index contributed by atoms with van der Waals surface area (Å²) in [4.78, 5) is 11.9. The van der Waals surface area contributed by atoms with Gasteiger partial charge in [-0.2, -0.15) is 0 Å². The van der Waals surface area contributed by atoms with Crippen molar-refractivity contribution < 1.29 is 24.5 Å². The molecule has 0 unspecified atom stereocenters. The van der Waals surface area contributed by atoms with Gasteiger partial charge in [0.2, 0.25) is 0 Å². The van der Waals surface area contributed by atoms with Crippen molar-refractivity contribution >= 4 is 18.4 Å². The highest BCUT2D eigenvalue weighted by Gasteiger charge is 2.31. The fourth-order valence-corrected chi connectivity index (χ4v) is 2.88. The maximum atomic E-state index is 11.9. The Kier molecular flexibility index (Phi) is 10.1. The van der Waals surface area contributed by atoms with Crippen LogP contribution in [-0.4, -0.2) is 41.0 Å². The van der Waals surface area contributed by atoms with Crippen LogP contribution in [0.3, 0.4) is 0 Å². The van der Waals surface area contributed by atoms with Crippen molar-refractivity contribution in [1.82, 2.24) is 5.32 Å². The number of halogens is 1. The SMILES string of the molecule is CCOC(=O)C(C)(C)Oc1ccc(CCN[C@@H](C)[C@H](O)c2ccc(O)cc2)cc1.Cl. The number of hydrogen-bond acceptors (Lipinski definition) is 6. The Morgan fingerprint density at radius 1 is 1.10 bits per heavy atom. The normalized spacial score (nSPS) is 13.1. The molecule has 0 heterocycles. The standard InChI is InChI=1S/C23H31NO5.ClH/c1-5-28-22(27)23(3,4)29-20-12-6-17(7-13-20)14-15-24-16(2)21(26)18-8-10-19(25)11-9-18;/h6-13,16,21,24-26H,5,14-15H2,1-4H3;1H/t16-,21-;/m0./s1. The number of carbonyl (C=O) groups is 1. The minimum absolute atomic E-state index is 0. The van der Waals surface area contributed by atoms with Gasteiger partial charge >= 0.3 is 5.97 Å². The highest BCUT2D eigenvalue weighted by atomic mass is 35.5. The molecule has 0 fully saturated rings. The number of ether oxygens (including phenoxy) is 2. The van der Waals surface area contributed by atoms with E-state index in [1.54, 1.807) is 45.0 Å². The van der Waals surface area contributed by atoms with Crippen molar-refractivity contribution in [2.24, 2.45) is 0 Å². The van der Waals surface area contributed by atoms with Crippen molar-refractivity contribution in [3.8, 4) is 11.5 Å². The zero-order valence-corrected chi connectivity index (χ0v) is 18.7. The van der Waals surface area contributed by atoms with Gasteiger partial charge in [-0.05, 0) is 76.1 Å². The van der Waals surface area contributed by atoms with Gasteiger partial charge in [0.05, 0.1) is 12.7 Å². The lowest BCUT2D eigenvalue weighted by Crippen LogP contribution is -2.39. The first-order valence-electron chi connectivity index (χ1n) is 9.88. The first kappa shape index (κ1) is 25.8. The van der Waals surface area contributed by atoms with E-state index in [-0.39, 0.29) is 24.2 Å². The predicted octanol–water partition coefficient (Wildman–Crippen LogP) is 3.79. The average molecular weight is 438 g/mol. The van der Waals surface area contributed by atoms with Crippen LogP contribution in [0.4, 0.5) is 0 Å². The Balaban J connectivity index is 0.00000450. The maximum absolute atomic E-state index is 11.9. The number of nitrogens with one attached hydrogen (secondary N) is 1. The van der Waals surface area contributed by atoms with Gasteiger partial charge in [-0.3, -0.25) is 0 Å². The van der Waals surface area contributed by atoms with E-state index in [1.165, 1.54) is 0 Å². The van der Waals surface area contributed by atoms with Crippen LogP contribution in [0.2, 0.25) is 0 Å². The molecule has 0 radical (unpaired) electrons. The van der Waals surface area contributed by atoms with Crippen LogP contribution in [0, 0.1) is 0 Å². The maximum Gasteiger partial charge on any atom is 0.349 e. The molecule has 0 saturated carbocycles. The van der Waals surface area contributed by atoms with Crippen LogP contribution in [0.5, 0.6) is 11.5 Å². The van der Waals surface area contributed by atoms with E-state index < -0.39 is 17.7 Å². The molecular formula is C23H32ClNO5. The lowest BCUT2D eigenvalue weighted by molar-refractivity contribution is -0.158. The van der Waals surface area contributed by atoms with E-state index >= 15 is 0 Å². The molecule has 2 aromatic rings. The minimum atomic E-state index is -1.04. The van der Waals surface area contributed by atoms with Gasteiger partial charge in [-0.25, -0.2) is 4.79 Å². The smallest absolute Gasteiger partial charge is 0.349 e.